The molecule has 0 saturated carbocycles. The number of sulfonamides is 1. The molecule has 0 aliphatic heterocycles. The van der Waals surface area contributed by atoms with Gasteiger partial charge in [0, 0.05) is 26.5 Å². The predicted molar refractivity (Wildman–Crippen MR) is 80.8 cm³/mol. The van der Waals surface area contributed by atoms with Crippen LogP contribution in [0.25, 0.3) is 0 Å². The average Bonchev–Trinajstić information content (AvgIpc) is 2.38. The lowest BCUT2D eigenvalue weighted by molar-refractivity contribution is 0.204. The third-order valence-corrected chi connectivity index (χ3v) is 5.25. The number of rotatable bonds is 8. The zero-order chi connectivity index (χ0) is 16.1. The van der Waals surface area contributed by atoms with Crippen molar-refractivity contribution in [3.63, 3.8) is 0 Å². The van der Waals surface area contributed by atoms with Crippen LogP contribution >= 0.6 is 0 Å². The molecule has 0 atom stereocenters. The van der Waals surface area contributed by atoms with Crippen molar-refractivity contribution in [2.24, 2.45) is 0 Å². The van der Waals surface area contributed by atoms with E-state index in [1.165, 1.54) is 19.2 Å². The highest BCUT2D eigenvalue weighted by Gasteiger charge is 2.21. The lowest BCUT2D eigenvalue weighted by atomic mass is 10.3. The van der Waals surface area contributed by atoms with Crippen LogP contribution in [-0.4, -0.2) is 49.9 Å². The second-order valence-electron chi connectivity index (χ2n) is 4.35. The Kier molecular flexibility index (Phi) is 6.14. The highest BCUT2D eigenvalue weighted by atomic mass is 32.2. The van der Waals surface area contributed by atoms with Gasteiger partial charge in [0.25, 0.3) is 0 Å². The van der Waals surface area contributed by atoms with E-state index in [4.69, 9.17) is 4.74 Å². The molecule has 0 aliphatic carbocycles. The van der Waals surface area contributed by atoms with Crippen LogP contribution in [0, 0.1) is 0 Å². The summed E-state index contributed by atoms with van der Waals surface area (Å²) < 4.78 is 54.9. The number of nitrogens with one attached hydrogen (secondary N) is 2. The van der Waals surface area contributed by atoms with Crippen molar-refractivity contribution >= 4 is 25.5 Å². The topological polar surface area (TPSA) is 102 Å². The van der Waals surface area contributed by atoms with Crippen molar-refractivity contribution in [3.8, 4) is 0 Å². The Morgan fingerprint density at radius 3 is 2.38 bits per heavy atom. The zero-order valence-electron chi connectivity index (χ0n) is 12.2. The van der Waals surface area contributed by atoms with Crippen molar-refractivity contribution in [1.82, 2.24) is 4.72 Å². The second-order valence-corrected chi connectivity index (χ2v) is 8.10. The van der Waals surface area contributed by atoms with Crippen LogP contribution in [0.15, 0.2) is 28.0 Å². The number of anilines is 1. The van der Waals surface area contributed by atoms with Gasteiger partial charge < -0.3 is 10.1 Å². The van der Waals surface area contributed by atoms with Crippen LogP contribution in [0.5, 0.6) is 0 Å². The number of methoxy groups -OCH3 is 1. The Morgan fingerprint density at radius 1 is 1.19 bits per heavy atom. The van der Waals surface area contributed by atoms with Gasteiger partial charge in [-0.2, -0.15) is 0 Å². The monoisotopic (exact) mass is 336 g/mol. The maximum atomic E-state index is 12.3. The van der Waals surface area contributed by atoms with E-state index in [0.29, 0.717) is 12.2 Å². The van der Waals surface area contributed by atoms with Crippen LogP contribution in [0.1, 0.15) is 6.92 Å². The van der Waals surface area contributed by atoms with Crippen LogP contribution in [0.4, 0.5) is 5.69 Å². The fourth-order valence-corrected chi connectivity index (χ4v) is 3.59. The summed E-state index contributed by atoms with van der Waals surface area (Å²) in [6, 6.07) is 3.98. The molecule has 0 amide bonds. The fourth-order valence-electron chi connectivity index (χ4n) is 1.65. The minimum Gasteiger partial charge on any atom is -0.384 e. The number of hydrogen-bond donors (Lipinski definition) is 2. The lowest BCUT2D eigenvalue weighted by Crippen LogP contribution is -2.28. The SMILES string of the molecule is CCNc1ccc(S(C)(=O)=O)cc1S(=O)(=O)NCCOC. The summed E-state index contributed by atoms with van der Waals surface area (Å²) in [5, 5.41) is 2.91. The Balaban J connectivity index is 3.29. The summed E-state index contributed by atoms with van der Waals surface area (Å²) in [4.78, 5) is -0.139. The predicted octanol–water partition coefficient (Wildman–Crippen LogP) is 0.447. The molecule has 0 unspecified atom stereocenters. The molecule has 0 radical (unpaired) electrons. The number of hydrogen-bond acceptors (Lipinski definition) is 6. The highest BCUT2D eigenvalue weighted by Crippen LogP contribution is 2.24. The molecule has 1 aromatic carbocycles. The van der Waals surface area contributed by atoms with Gasteiger partial charge in [0.2, 0.25) is 10.0 Å². The fraction of sp³-hybridized carbons (Fsp3) is 0.500. The molecule has 2 N–H and O–H groups in total. The summed E-state index contributed by atoms with van der Waals surface area (Å²) in [7, 11) is -5.85. The molecular weight excluding hydrogens is 316 g/mol. The maximum absolute atomic E-state index is 12.3. The standard InChI is InChI=1S/C12H20N2O5S2/c1-4-13-11-6-5-10(20(3,15)16)9-12(11)21(17,18)14-7-8-19-2/h5-6,9,13-14H,4,7-8H2,1-3H3. The third-order valence-electron chi connectivity index (χ3n) is 2.64. The highest BCUT2D eigenvalue weighted by molar-refractivity contribution is 7.91. The van der Waals surface area contributed by atoms with Gasteiger partial charge in [-0.15, -0.1) is 0 Å². The van der Waals surface area contributed by atoms with Crippen LogP contribution in [0.3, 0.4) is 0 Å². The number of ether oxygens (including phenoxy) is 1. The van der Waals surface area contributed by atoms with Crippen molar-refractivity contribution in [3.05, 3.63) is 18.2 Å². The van der Waals surface area contributed by atoms with Crippen molar-refractivity contribution in [1.29, 1.82) is 0 Å². The van der Waals surface area contributed by atoms with Crippen molar-refractivity contribution in [2.75, 3.05) is 38.4 Å². The molecule has 0 aliphatic rings. The first-order valence-corrected chi connectivity index (χ1v) is 9.66. The summed E-state index contributed by atoms with van der Waals surface area (Å²) in [6.45, 7) is 2.66. The summed E-state index contributed by atoms with van der Waals surface area (Å²) in [5.74, 6) is 0. The molecule has 9 heteroatoms. The van der Waals surface area contributed by atoms with E-state index in [2.05, 4.69) is 10.0 Å². The average molecular weight is 336 g/mol. The second kappa shape index (κ2) is 7.21. The van der Waals surface area contributed by atoms with Gasteiger partial charge in [0.1, 0.15) is 4.90 Å². The van der Waals surface area contributed by atoms with E-state index >= 15 is 0 Å². The Hall–Kier alpha value is -1.16. The normalized spacial score (nSPS) is 12.3. The minimum absolute atomic E-state index is 0.0451. The smallest absolute Gasteiger partial charge is 0.242 e. The lowest BCUT2D eigenvalue weighted by Gasteiger charge is -2.13. The Morgan fingerprint density at radius 2 is 1.86 bits per heavy atom. The van der Waals surface area contributed by atoms with E-state index < -0.39 is 19.9 Å². The molecule has 0 heterocycles. The molecule has 1 aromatic rings. The molecule has 0 saturated heterocycles. The largest absolute Gasteiger partial charge is 0.384 e. The van der Waals surface area contributed by atoms with Crippen LogP contribution < -0.4 is 10.0 Å². The van der Waals surface area contributed by atoms with E-state index in [1.807, 2.05) is 6.92 Å². The van der Waals surface area contributed by atoms with Gasteiger partial charge in [-0.05, 0) is 25.1 Å². The van der Waals surface area contributed by atoms with Gasteiger partial charge in [0.05, 0.1) is 17.2 Å². The number of sulfone groups is 1. The van der Waals surface area contributed by atoms with Crippen LogP contribution in [0.2, 0.25) is 0 Å². The van der Waals surface area contributed by atoms with Gasteiger partial charge in [-0.25, -0.2) is 21.6 Å². The van der Waals surface area contributed by atoms with E-state index in [1.54, 1.807) is 0 Å². The van der Waals surface area contributed by atoms with E-state index in [9.17, 15) is 16.8 Å². The van der Waals surface area contributed by atoms with E-state index in [0.717, 1.165) is 12.3 Å². The van der Waals surface area contributed by atoms with Gasteiger partial charge in [0.15, 0.2) is 9.84 Å². The molecule has 7 nitrogen and oxygen atoms in total. The zero-order valence-corrected chi connectivity index (χ0v) is 13.8. The Bertz CT molecular complexity index is 684. The molecule has 21 heavy (non-hydrogen) atoms. The molecule has 0 fully saturated rings. The maximum Gasteiger partial charge on any atom is 0.242 e. The van der Waals surface area contributed by atoms with Gasteiger partial charge in [-0.1, -0.05) is 0 Å². The summed E-state index contributed by atoms with van der Waals surface area (Å²) in [6.07, 6.45) is 1.03. The molecule has 0 aromatic heterocycles. The van der Waals surface area contributed by atoms with Crippen LogP contribution in [-0.2, 0) is 24.6 Å². The molecule has 0 spiro atoms. The molecular formula is C12H20N2O5S2. The quantitative estimate of drug-likeness (QED) is 0.668. The van der Waals surface area contributed by atoms with Crippen molar-refractivity contribution in [2.45, 2.75) is 16.7 Å². The molecule has 120 valence electrons. The van der Waals surface area contributed by atoms with E-state index in [-0.39, 0.29) is 22.9 Å². The van der Waals surface area contributed by atoms with Gasteiger partial charge >= 0.3 is 0 Å². The van der Waals surface area contributed by atoms with Gasteiger partial charge in [-0.3, -0.25) is 0 Å². The first kappa shape index (κ1) is 17.9. The Labute approximate surface area is 125 Å². The third kappa shape index (κ3) is 4.95. The molecule has 0 bridgehead atoms. The molecule has 1 rings (SSSR count). The van der Waals surface area contributed by atoms with Crippen molar-refractivity contribution < 1.29 is 21.6 Å². The number of benzene rings is 1. The summed E-state index contributed by atoms with van der Waals surface area (Å²) >= 11 is 0. The first-order chi connectivity index (χ1) is 9.72. The first-order valence-electron chi connectivity index (χ1n) is 6.29. The minimum atomic E-state index is -3.83. The summed E-state index contributed by atoms with van der Waals surface area (Å²) in [5.41, 5.74) is 0.356.